The van der Waals surface area contributed by atoms with E-state index in [0.29, 0.717) is 18.3 Å². The van der Waals surface area contributed by atoms with Crippen LogP contribution in [0.2, 0.25) is 0 Å². The molecule has 120 valence electrons. The molecule has 0 atom stereocenters. The fourth-order valence-corrected chi connectivity index (χ4v) is 2.90. The summed E-state index contributed by atoms with van der Waals surface area (Å²) >= 11 is 0. The first-order valence-electron chi connectivity index (χ1n) is 7.58. The summed E-state index contributed by atoms with van der Waals surface area (Å²) in [7, 11) is 3.23. The van der Waals surface area contributed by atoms with Gasteiger partial charge in [0.05, 0.1) is 25.1 Å². The van der Waals surface area contributed by atoms with E-state index in [1.165, 1.54) is 6.33 Å². The Kier molecular flexibility index (Phi) is 3.49. The summed E-state index contributed by atoms with van der Waals surface area (Å²) in [6, 6.07) is 9.97. The Labute approximate surface area is 139 Å². The highest BCUT2D eigenvalue weighted by Gasteiger charge is 2.17. The van der Waals surface area contributed by atoms with Crippen molar-refractivity contribution in [3.8, 4) is 11.8 Å². The zero-order valence-corrected chi connectivity index (χ0v) is 13.4. The summed E-state index contributed by atoms with van der Waals surface area (Å²) in [6.45, 7) is 0.711. The molecule has 0 saturated heterocycles. The van der Waals surface area contributed by atoms with E-state index in [-0.39, 0.29) is 0 Å². The van der Waals surface area contributed by atoms with Crippen molar-refractivity contribution in [2.24, 2.45) is 0 Å². The second-order valence-corrected chi connectivity index (χ2v) is 5.36. The number of rotatable bonds is 3. The molecule has 0 saturated carbocycles. The second-order valence-electron chi connectivity index (χ2n) is 5.36. The minimum Gasteiger partial charge on any atom is -0.481 e. The smallest absolute Gasteiger partial charge is 0.224 e. The maximum Gasteiger partial charge on any atom is 0.224 e. The van der Waals surface area contributed by atoms with E-state index in [1.807, 2.05) is 18.2 Å². The molecule has 0 bridgehead atoms. The number of hydrogen-bond donors (Lipinski definition) is 1. The average molecular weight is 320 g/mol. The molecule has 4 rings (SSSR count). The van der Waals surface area contributed by atoms with Gasteiger partial charge in [0, 0.05) is 18.2 Å². The molecule has 3 heterocycles. The highest BCUT2D eigenvalue weighted by Crippen LogP contribution is 2.34. The topological polar surface area (TPSA) is 69.2 Å². The molecule has 0 unspecified atom stereocenters. The molecule has 0 fully saturated rings. The highest BCUT2D eigenvalue weighted by atomic mass is 16.5. The van der Waals surface area contributed by atoms with Gasteiger partial charge in [0.25, 0.3) is 0 Å². The number of nitrogens with one attached hydrogen (secondary N) is 1. The number of ether oxygens (including phenoxy) is 2. The van der Waals surface area contributed by atoms with Crippen molar-refractivity contribution < 1.29 is 9.47 Å². The van der Waals surface area contributed by atoms with E-state index in [9.17, 15) is 0 Å². The zero-order valence-electron chi connectivity index (χ0n) is 13.4. The molecule has 1 aromatic carbocycles. The molecule has 0 aliphatic carbocycles. The Morgan fingerprint density at radius 3 is 2.79 bits per heavy atom. The number of fused-ring (bicyclic) bond motifs is 2. The van der Waals surface area contributed by atoms with Crippen LogP contribution in [0.4, 0.5) is 5.82 Å². The van der Waals surface area contributed by atoms with E-state index in [0.717, 1.165) is 33.4 Å². The molecular weight excluding hydrogens is 304 g/mol. The SMILES string of the molecule is COc1ccc2c(n1)NCC=C2c1ccc2ncnc(OC)c2c1. The molecule has 3 aromatic rings. The molecule has 24 heavy (non-hydrogen) atoms. The minimum atomic E-state index is 0.574. The van der Waals surface area contributed by atoms with Gasteiger partial charge in [-0.15, -0.1) is 0 Å². The number of anilines is 1. The molecule has 1 N–H and O–H groups in total. The van der Waals surface area contributed by atoms with Crippen LogP contribution in [0.25, 0.3) is 16.5 Å². The predicted octanol–water partition coefficient (Wildman–Crippen LogP) is 2.90. The van der Waals surface area contributed by atoms with Crippen molar-refractivity contribution in [3.63, 3.8) is 0 Å². The van der Waals surface area contributed by atoms with Gasteiger partial charge in [-0.1, -0.05) is 12.1 Å². The molecule has 1 aliphatic heterocycles. The third-order valence-electron chi connectivity index (χ3n) is 4.05. The molecular formula is C18H16N4O2. The van der Waals surface area contributed by atoms with Crippen molar-refractivity contribution in [1.82, 2.24) is 15.0 Å². The lowest BCUT2D eigenvalue weighted by atomic mass is 9.95. The van der Waals surface area contributed by atoms with Gasteiger partial charge < -0.3 is 14.8 Å². The number of benzene rings is 1. The fourth-order valence-electron chi connectivity index (χ4n) is 2.90. The molecule has 0 amide bonds. The van der Waals surface area contributed by atoms with Crippen molar-refractivity contribution in [2.45, 2.75) is 0 Å². The van der Waals surface area contributed by atoms with Crippen LogP contribution in [0.15, 0.2) is 42.7 Å². The van der Waals surface area contributed by atoms with Gasteiger partial charge in [-0.3, -0.25) is 0 Å². The Hall–Kier alpha value is -3.15. The van der Waals surface area contributed by atoms with E-state index in [4.69, 9.17) is 9.47 Å². The first kappa shape index (κ1) is 14.4. The fraction of sp³-hybridized carbons (Fsp3) is 0.167. The molecule has 6 nitrogen and oxygen atoms in total. The predicted molar refractivity (Wildman–Crippen MR) is 92.4 cm³/mol. The molecule has 6 heteroatoms. The summed E-state index contributed by atoms with van der Waals surface area (Å²) in [4.78, 5) is 13.0. The first-order valence-corrected chi connectivity index (χ1v) is 7.58. The van der Waals surface area contributed by atoms with Crippen LogP contribution < -0.4 is 14.8 Å². The molecule has 1 aliphatic rings. The van der Waals surface area contributed by atoms with Crippen LogP contribution >= 0.6 is 0 Å². The highest BCUT2D eigenvalue weighted by molar-refractivity contribution is 5.93. The summed E-state index contributed by atoms with van der Waals surface area (Å²) in [6.07, 6.45) is 3.66. The van der Waals surface area contributed by atoms with Crippen molar-refractivity contribution in [1.29, 1.82) is 0 Å². The Bertz CT molecular complexity index is 953. The number of hydrogen-bond acceptors (Lipinski definition) is 6. The first-order chi connectivity index (χ1) is 11.8. The number of pyridine rings is 1. The van der Waals surface area contributed by atoms with Gasteiger partial charge in [-0.25, -0.2) is 9.97 Å². The summed E-state index contributed by atoms with van der Waals surface area (Å²) in [5.74, 6) is 1.99. The Balaban J connectivity index is 1.85. The number of methoxy groups -OCH3 is 2. The largest absolute Gasteiger partial charge is 0.481 e. The third kappa shape index (κ3) is 2.32. The second kappa shape index (κ2) is 5.81. The van der Waals surface area contributed by atoms with Gasteiger partial charge in [-0.05, 0) is 29.3 Å². The summed E-state index contributed by atoms with van der Waals surface area (Å²) in [5, 5.41) is 4.17. The summed E-state index contributed by atoms with van der Waals surface area (Å²) < 4.78 is 10.6. The van der Waals surface area contributed by atoms with Gasteiger partial charge in [0.15, 0.2) is 0 Å². The monoisotopic (exact) mass is 320 g/mol. The maximum absolute atomic E-state index is 5.36. The van der Waals surface area contributed by atoms with E-state index < -0.39 is 0 Å². The zero-order chi connectivity index (χ0) is 16.5. The lowest BCUT2D eigenvalue weighted by Crippen LogP contribution is -2.11. The summed E-state index contributed by atoms with van der Waals surface area (Å²) in [5.41, 5.74) is 4.09. The van der Waals surface area contributed by atoms with Gasteiger partial charge in [0.1, 0.15) is 12.1 Å². The maximum atomic E-state index is 5.36. The average Bonchev–Trinajstić information content (AvgIpc) is 2.66. The minimum absolute atomic E-state index is 0.574. The van der Waals surface area contributed by atoms with Crippen LogP contribution in [-0.4, -0.2) is 35.7 Å². The lowest BCUT2D eigenvalue weighted by Gasteiger charge is -2.19. The van der Waals surface area contributed by atoms with Crippen molar-refractivity contribution >= 4 is 22.3 Å². The molecule has 2 aromatic heterocycles. The lowest BCUT2D eigenvalue weighted by molar-refractivity contribution is 0.398. The van der Waals surface area contributed by atoms with E-state index in [1.54, 1.807) is 14.2 Å². The van der Waals surface area contributed by atoms with Gasteiger partial charge in [0.2, 0.25) is 11.8 Å². The van der Waals surface area contributed by atoms with E-state index in [2.05, 4.69) is 38.5 Å². The van der Waals surface area contributed by atoms with Gasteiger partial charge in [-0.2, -0.15) is 4.98 Å². The van der Waals surface area contributed by atoms with Crippen LogP contribution in [0.1, 0.15) is 11.1 Å². The van der Waals surface area contributed by atoms with E-state index >= 15 is 0 Å². The van der Waals surface area contributed by atoms with Crippen molar-refractivity contribution in [3.05, 3.63) is 53.9 Å². The van der Waals surface area contributed by atoms with Crippen molar-refractivity contribution in [2.75, 3.05) is 26.1 Å². The van der Waals surface area contributed by atoms with Crippen LogP contribution in [0.3, 0.4) is 0 Å². The molecule has 0 spiro atoms. The quantitative estimate of drug-likeness (QED) is 0.800. The Morgan fingerprint density at radius 1 is 1.04 bits per heavy atom. The number of aromatic nitrogens is 3. The Morgan fingerprint density at radius 2 is 1.96 bits per heavy atom. The normalized spacial score (nSPS) is 13.0. The van der Waals surface area contributed by atoms with Crippen LogP contribution in [0, 0.1) is 0 Å². The molecule has 0 radical (unpaired) electrons. The van der Waals surface area contributed by atoms with Gasteiger partial charge >= 0.3 is 0 Å². The number of nitrogens with zero attached hydrogens (tertiary/aromatic N) is 3. The van der Waals surface area contributed by atoms with Crippen LogP contribution in [0.5, 0.6) is 11.8 Å². The standard InChI is InChI=1S/C18H16N4O2/c1-23-16-6-4-13-12(7-8-19-17(13)22-16)11-3-5-15-14(9-11)18(24-2)21-10-20-15/h3-7,9-10H,8H2,1-2H3,(H,19,22). The van der Waals surface area contributed by atoms with Crippen LogP contribution in [-0.2, 0) is 0 Å². The third-order valence-corrected chi connectivity index (χ3v) is 4.05.